The summed E-state index contributed by atoms with van der Waals surface area (Å²) in [5, 5.41) is 2.48. The van der Waals surface area contributed by atoms with Crippen molar-refractivity contribution in [2.45, 2.75) is 19.9 Å². The second-order valence-electron chi connectivity index (χ2n) is 3.60. The van der Waals surface area contributed by atoms with Crippen molar-refractivity contribution >= 4 is 12.2 Å². The zero-order valence-electron chi connectivity index (χ0n) is 9.40. The Morgan fingerprint density at radius 3 is 2.94 bits per heavy atom. The summed E-state index contributed by atoms with van der Waals surface area (Å²) >= 11 is 0. The zero-order valence-corrected chi connectivity index (χ0v) is 9.40. The second-order valence-corrected chi connectivity index (χ2v) is 3.60. The van der Waals surface area contributed by atoms with Gasteiger partial charge >= 0.3 is 0 Å². The van der Waals surface area contributed by atoms with Gasteiger partial charge in [-0.15, -0.1) is 0 Å². The molecule has 0 aromatic heterocycles. The monoisotopic (exact) mass is 221 g/mol. The van der Waals surface area contributed by atoms with Crippen LogP contribution >= 0.6 is 0 Å². The first-order valence-electron chi connectivity index (χ1n) is 5.06. The molecule has 1 amide bonds. The maximum atomic E-state index is 11.3. The molecule has 0 unspecified atom stereocenters. The molecule has 0 radical (unpaired) electrons. The number of rotatable bonds is 5. The Hall–Kier alpha value is -1.84. The molecule has 4 heteroatoms. The van der Waals surface area contributed by atoms with Gasteiger partial charge in [0.25, 0.3) is 5.91 Å². The van der Waals surface area contributed by atoms with Gasteiger partial charge in [0.15, 0.2) is 6.61 Å². The Kier molecular flexibility index (Phi) is 4.51. The molecule has 1 atom stereocenters. The van der Waals surface area contributed by atoms with Crippen LogP contribution < -0.4 is 10.1 Å². The normalized spacial score (nSPS) is 11.6. The van der Waals surface area contributed by atoms with Gasteiger partial charge in [-0.3, -0.25) is 4.79 Å². The average molecular weight is 221 g/mol. The Balaban J connectivity index is 2.40. The van der Waals surface area contributed by atoms with Crippen LogP contribution in [0, 0.1) is 6.92 Å². The molecule has 0 aliphatic rings. The van der Waals surface area contributed by atoms with Gasteiger partial charge < -0.3 is 14.8 Å². The van der Waals surface area contributed by atoms with Gasteiger partial charge in [-0.05, 0) is 31.5 Å². The van der Waals surface area contributed by atoms with Gasteiger partial charge in [0, 0.05) is 0 Å². The molecular weight excluding hydrogens is 206 g/mol. The molecule has 1 rings (SSSR count). The summed E-state index contributed by atoms with van der Waals surface area (Å²) < 4.78 is 5.27. The number of hydrogen-bond acceptors (Lipinski definition) is 3. The number of hydrogen-bond donors (Lipinski definition) is 1. The second kappa shape index (κ2) is 5.90. The first-order chi connectivity index (χ1) is 7.61. The molecule has 0 bridgehead atoms. The third-order valence-corrected chi connectivity index (χ3v) is 1.95. The summed E-state index contributed by atoms with van der Waals surface area (Å²) in [5.41, 5.74) is 1.07. The number of aryl methyl sites for hydroxylation is 1. The number of ether oxygens (including phenoxy) is 1. The Morgan fingerprint density at radius 2 is 2.31 bits per heavy atom. The van der Waals surface area contributed by atoms with E-state index in [4.69, 9.17) is 4.74 Å². The largest absolute Gasteiger partial charge is 0.484 e. The van der Waals surface area contributed by atoms with Crippen LogP contribution in [-0.2, 0) is 9.59 Å². The fraction of sp³-hybridized carbons (Fsp3) is 0.333. The van der Waals surface area contributed by atoms with Crippen molar-refractivity contribution in [3.8, 4) is 5.75 Å². The minimum Gasteiger partial charge on any atom is -0.484 e. The maximum Gasteiger partial charge on any atom is 0.258 e. The van der Waals surface area contributed by atoms with E-state index in [0.29, 0.717) is 12.0 Å². The molecule has 0 saturated carbocycles. The topological polar surface area (TPSA) is 55.4 Å². The standard InChI is InChI=1S/C12H15NO3/c1-9-4-3-5-11(6-9)16-8-12(15)13-10(2)7-14/h3-7,10H,8H2,1-2H3,(H,13,15)/t10-/m0/s1. The van der Waals surface area contributed by atoms with E-state index in [1.807, 2.05) is 25.1 Å². The number of carbonyl (C=O) groups excluding carboxylic acids is 2. The highest BCUT2D eigenvalue weighted by Crippen LogP contribution is 2.11. The number of amides is 1. The van der Waals surface area contributed by atoms with Crippen molar-refractivity contribution < 1.29 is 14.3 Å². The molecule has 86 valence electrons. The smallest absolute Gasteiger partial charge is 0.258 e. The van der Waals surface area contributed by atoms with Crippen molar-refractivity contribution in [1.82, 2.24) is 5.32 Å². The van der Waals surface area contributed by atoms with Crippen molar-refractivity contribution in [3.05, 3.63) is 29.8 Å². The van der Waals surface area contributed by atoms with Crippen molar-refractivity contribution in [2.75, 3.05) is 6.61 Å². The Morgan fingerprint density at radius 1 is 1.56 bits per heavy atom. The first-order valence-corrected chi connectivity index (χ1v) is 5.06. The van der Waals surface area contributed by atoms with E-state index in [0.717, 1.165) is 5.56 Å². The van der Waals surface area contributed by atoms with Crippen LogP contribution in [0.15, 0.2) is 24.3 Å². The highest BCUT2D eigenvalue weighted by atomic mass is 16.5. The molecule has 16 heavy (non-hydrogen) atoms. The SMILES string of the molecule is Cc1cccc(OCC(=O)N[C@@H](C)C=O)c1. The lowest BCUT2D eigenvalue weighted by Crippen LogP contribution is -2.36. The van der Waals surface area contributed by atoms with E-state index >= 15 is 0 Å². The van der Waals surface area contributed by atoms with Crippen LogP contribution in [-0.4, -0.2) is 24.8 Å². The summed E-state index contributed by atoms with van der Waals surface area (Å²) in [6, 6.07) is 6.95. The minimum absolute atomic E-state index is 0.0817. The number of nitrogens with one attached hydrogen (secondary N) is 1. The van der Waals surface area contributed by atoms with E-state index < -0.39 is 6.04 Å². The average Bonchev–Trinajstić information content (AvgIpc) is 2.26. The number of aldehydes is 1. The Labute approximate surface area is 94.6 Å². The van der Waals surface area contributed by atoms with E-state index in [1.165, 1.54) is 0 Å². The summed E-state index contributed by atoms with van der Waals surface area (Å²) in [7, 11) is 0. The molecule has 0 fully saturated rings. The lowest BCUT2D eigenvalue weighted by Gasteiger charge is -2.09. The molecule has 1 N–H and O–H groups in total. The molecule has 0 spiro atoms. The van der Waals surface area contributed by atoms with Crippen molar-refractivity contribution in [3.63, 3.8) is 0 Å². The van der Waals surface area contributed by atoms with Crippen LogP contribution in [0.25, 0.3) is 0 Å². The van der Waals surface area contributed by atoms with E-state index in [1.54, 1.807) is 13.0 Å². The van der Waals surface area contributed by atoms with Crippen LogP contribution in [0.5, 0.6) is 5.75 Å². The predicted molar refractivity (Wildman–Crippen MR) is 60.3 cm³/mol. The summed E-state index contributed by atoms with van der Waals surface area (Å²) in [4.78, 5) is 21.6. The van der Waals surface area contributed by atoms with Crippen LogP contribution in [0.1, 0.15) is 12.5 Å². The fourth-order valence-electron chi connectivity index (χ4n) is 1.18. The fourth-order valence-corrected chi connectivity index (χ4v) is 1.18. The van der Waals surface area contributed by atoms with Gasteiger partial charge in [-0.1, -0.05) is 12.1 Å². The minimum atomic E-state index is -0.478. The van der Waals surface area contributed by atoms with E-state index in [2.05, 4.69) is 5.32 Å². The first kappa shape index (κ1) is 12.2. The zero-order chi connectivity index (χ0) is 12.0. The van der Waals surface area contributed by atoms with Gasteiger partial charge in [-0.25, -0.2) is 0 Å². The third kappa shape index (κ3) is 4.13. The molecular formula is C12H15NO3. The highest BCUT2D eigenvalue weighted by Gasteiger charge is 2.06. The van der Waals surface area contributed by atoms with Crippen LogP contribution in [0.2, 0.25) is 0 Å². The van der Waals surface area contributed by atoms with Crippen molar-refractivity contribution in [2.24, 2.45) is 0 Å². The van der Waals surface area contributed by atoms with Crippen LogP contribution in [0.4, 0.5) is 0 Å². The molecule has 1 aromatic carbocycles. The summed E-state index contributed by atoms with van der Waals surface area (Å²) in [6.07, 6.45) is 0.671. The molecule has 0 saturated heterocycles. The van der Waals surface area contributed by atoms with E-state index in [9.17, 15) is 9.59 Å². The quantitative estimate of drug-likeness (QED) is 0.757. The molecule has 0 heterocycles. The molecule has 4 nitrogen and oxygen atoms in total. The number of carbonyl (C=O) groups is 2. The maximum absolute atomic E-state index is 11.3. The van der Waals surface area contributed by atoms with Gasteiger partial charge in [-0.2, -0.15) is 0 Å². The number of benzene rings is 1. The molecule has 0 aliphatic carbocycles. The molecule has 0 aliphatic heterocycles. The van der Waals surface area contributed by atoms with Crippen LogP contribution in [0.3, 0.4) is 0 Å². The third-order valence-electron chi connectivity index (χ3n) is 1.95. The summed E-state index contributed by atoms with van der Waals surface area (Å²) in [5.74, 6) is 0.343. The lowest BCUT2D eigenvalue weighted by molar-refractivity contribution is -0.125. The van der Waals surface area contributed by atoms with E-state index in [-0.39, 0.29) is 12.5 Å². The molecule has 1 aromatic rings. The summed E-state index contributed by atoms with van der Waals surface area (Å²) in [6.45, 7) is 3.47. The van der Waals surface area contributed by atoms with Gasteiger partial charge in [0.05, 0.1) is 6.04 Å². The van der Waals surface area contributed by atoms with Crippen molar-refractivity contribution in [1.29, 1.82) is 0 Å². The predicted octanol–water partition coefficient (Wildman–Crippen LogP) is 1.08. The lowest BCUT2D eigenvalue weighted by atomic mass is 10.2. The Bertz CT molecular complexity index is 376. The van der Waals surface area contributed by atoms with Gasteiger partial charge in [0.2, 0.25) is 0 Å². The highest BCUT2D eigenvalue weighted by molar-refractivity contribution is 5.80. The van der Waals surface area contributed by atoms with Gasteiger partial charge in [0.1, 0.15) is 12.0 Å².